The van der Waals surface area contributed by atoms with Gasteiger partial charge in [-0.3, -0.25) is 9.59 Å². The molecule has 0 radical (unpaired) electrons. The van der Waals surface area contributed by atoms with Gasteiger partial charge in [0.25, 0.3) is 0 Å². The largest absolute Gasteiger partial charge is 0.382 e. The van der Waals surface area contributed by atoms with Crippen molar-refractivity contribution >= 4 is 11.8 Å². The molecule has 64 valence electrons. The lowest BCUT2D eigenvalue weighted by molar-refractivity contribution is -0.127. The first-order chi connectivity index (χ1) is 5.07. The summed E-state index contributed by atoms with van der Waals surface area (Å²) in [6.07, 6.45) is 0. The van der Waals surface area contributed by atoms with Gasteiger partial charge in [-0.2, -0.15) is 0 Å². The summed E-state index contributed by atoms with van der Waals surface area (Å²) < 4.78 is 4.65. The molecule has 0 aliphatic rings. The summed E-state index contributed by atoms with van der Waals surface area (Å²) in [5.41, 5.74) is 4.94. The Balaban J connectivity index is 3.89. The van der Waals surface area contributed by atoms with Gasteiger partial charge in [-0.25, -0.2) is 0 Å². The molecule has 0 aliphatic carbocycles. The van der Waals surface area contributed by atoms with Gasteiger partial charge >= 0.3 is 0 Å². The molecule has 3 N–H and O–H groups in total. The van der Waals surface area contributed by atoms with E-state index in [1.807, 2.05) is 0 Å². The molecule has 0 fully saturated rings. The van der Waals surface area contributed by atoms with Crippen molar-refractivity contribution < 1.29 is 14.3 Å². The molecule has 2 amide bonds. The van der Waals surface area contributed by atoms with Crippen LogP contribution in [0.4, 0.5) is 0 Å². The van der Waals surface area contributed by atoms with E-state index in [1.54, 1.807) is 0 Å². The Hall–Kier alpha value is -1.10. The Bertz CT molecular complexity index is 158. The number of primary amides is 1. The van der Waals surface area contributed by atoms with Crippen LogP contribution >= 0.6 is 0 Å². The average molecular weight is 160 g/mol. The third-order valence-electron chi connectivity index (χ3n) is 1.05. The average Bonchev–Trinajstić information content (AvgIpc) is 1.86. The van der Waals surface area contributed by atoms with Crippen molar-refractivity contribution in [3.05, 3.63) is 0 Å². The minimum Gasteiger partial charge on any atom is -0.382 e. The minimum absolute atomic E-state index is 0.106. The second-order valence-electron chi connectivity index (χ2n) is 2.11. The molecule has 0 aromatic heterocycles. The summed E-state index contributed by atoms with van der Waals surface area (Å²) in [5, 5.41) is 2.34. The maximum Gasteiger partial charge on any atom is 0.242 e. The van der Waals surface area contributed by atoms with Gasteiger partial charge in [0, 0.05) is 14.0 Å². The topological polar surface area (TPSA) is 81.4 Å². The zero-order valence-corrected chi connectivity index (χ0v) is 6.59. The van der Waals surface area contributed by atoms with Crippen LogP contribution < -0.4 is 11.1 Å². The van der Waals surface area contributed by atoms with Crippen molar-refractivity contribution in [2.45, 2.75) is 13.0 Å². The number of hydrogen-bond acceptors (Lipinski definition) is 3. The predicted molar refractivity (Wildman–Crippen MR) is 38.7 cm³/mol. The summed E-state index contributed by atoms with van der Waals surface area (Å²) in [4.78, 5) is 21.0. The third-order valence-corrected chi connectivity index (χ3v) is 1.05. The molecule has 0 spiro atoms. The van der Waals surface area contributed by atoms with Crippen molar-refractivity contribution in [2.75, 3.05) is 13.7 Å². The molecule has 0 heterocycles. The number of amides is 2. The number of ether oxygens (including phenoxy) is 1. The highest BCUT2D eigenvalue weighted by Gasteiger charge is 2.14. The van der Waals surface area contributed by atoms with Crippen molar-refractivity contribution in [2.24, 2.45) is 5.73 Å². The lowest BCUT2D eigenvalue weighted by Gasteiger charge is -2.11. The van der Waals surface area contributed by atoms with Gasteiger partial charge in [-0.05, 0) is 0 Å². The lowest BCUT2D eigenvalue weighted by Crippen LogP contribution is -2.46. The number of nitrogens with two attached hydrogens (primary N) is 1. The second kappa shape index (κ2) is 4.68. The van der Waals surface area contributed by atoms with Crippen molar-refractivity contribution in [1.82, 2.24) is 5.32 Å². The number of methoxy groups -OCH3 is 1. The number of carbonyl (C=O) groups excluding carboxylic acids is 2. The number of rotatable bonds is 4. The molecule has 0 aliphatic heterocycles. The van der Waals surface area contributed by atoms with Gasteiger partial charge in [0.05, 0.1) is 6.61 Å². The van der Waals surface area contributed by atoms with E-state index in [0.29, 0.717) is 0 Å². The third kappa shape index (κ3) is 4.32. The molecule has 0 bridgehead atoms. The van der Waals surface area contributed by atoms with Gasteiger partial charge in [0.2, 0.25) is 11.8 Å². The summed E-state index contributed by atoms with van der Waals surface area (Å²) in [6, 6.07) is -0.725. The molecular formula is C6H12N2O3. The first-order valence-electron chi connectivity index (χ1n) is 3.13. The maximum atomic E-state index is 10.6. The monoisotopic (exact) mass is 160 g/mol. The predicted octanol–water partition coefficient (Wildman–Crippen LogP) is -1.38. The molecule has 5 nitrogen and oxygen atoms in total. The van der Waals surface area contributed by atoms with Crippen molar-refractivity contribution in [3.8, 4) is 0 Å². The van der Waals surface area contributed by atoms with E-state index in [4.69, 9.17) is 5.73 Å². The first kappa shape index (κ1) is 9.90. The van der Waals surface area contributed by atoms with Crippen LogP contribution in [0.25, 0.3) is 0 Å². The fraction of sp³-hybridized carbons (Fsp3) is 0.667. The molecule has 0 aromatic rings. The summed E-state index contributed by atoms with van der Waals surface area (Å²) in [6.45, 7) is 1.42. The van der Waals surface area contributed by atoms with Crippen LogP contribution in [0.5, 0.6) is 0 Å². The summed E-state index contributed by atoms with van der Waals surface area (Å²) in [5.74, 6) is -0.895. The van der Waals surface area contributed by atoms with Crippen LogP contribution in [-0.4, -0.2) is 31.6 Å². The molecule has 5 heteroatoms. The molecule has 0 saturated carbocycles. The van der Waals surface area contributed by atoms with Crippen molar-refractivity contribution in [3.63, 3.8) is 0 Å². The molecule has 0 aromatic carbocycles. The number of hydrogen-bond donors (Lipinski definition) is 2. The molecule has 1 atom stereocenters. The fourth-order valence-corrected chi connectivity index (χ4v) is 0.607. The number of nitrogens with one attached hydrogen (secondary N) is 1. The highest BCUT2D eigenvalue weighted by Crippen LogP contribution is 1.82. The number of carbonyl (C=O) groups is 2. The highest BCUT2D eigenvalue weighted by atomic mass is 16.5. The Labute approximate surface area is 64.9 Å². The van der Waals surface area contributed by atoms with E-state index < -0.39 is 11.9 Å². The molecule has 1 unspecified atom stereocenters. The molecule has 0 rings (SSSR count). The summed E-state index contributed by atoms with van der Waals surface area (Å²) in [7, 11) is 1.43. The molecule has 0 saturated heterocycles. The van der Waals surface area contributed by atoms with Gasteiger partial charge in [-0.15, -0.1) is 0 Å². The van der Waals surface area contributed by atoms with Crippen molar-refractivity contribution in [1.29, 1.82) is 0 Å². The van der Waals surface area contributed by atoms with Crippen LogP contribution in [0.15, 0.2) is 0 Å². The van der Waals surface area contributed by atoms with Gasteiger partial charge in [0.1, 0.15) is 6.04 Å². The van der Waals surface area contributed by atoms with E-state index in [1.165, 1.54) is 14.0 Å². The van der Waals surface area contributed by atoms with E-state index in [2.05, 4.69) is 10.1 Å². The molecular weight excluding hydrogens is 148 g/mol. The van der Waals surface area contributed by atoms with E-state index in [-0.39, 0.29) is 12.5 Å². The first-order valence-corrected chi connectivity index (χ1v) is 3.13. The standard InChI is InChI=1S/C6H12N2O3/c1-4(9)8-5(3-11-2)6(7)10/h5H,3H2,1-2H3,(H2,7,10)(H,8,9). The maximum absolute atomic E-state index is 10.6. The van der Waals surface area contributed by atoms with E-state index in [9.17, 15) is 9.59 Å². The molecule has 11 heavy (non-hydrogen) atoms. The van der Waals surface area contributed by atoms with Crippen LogP contribution in [0.2, 0.25) is 0 Å². The van der Waals surface area contributed by atoms with E-state index in [0.717, 1.165) is 0 Å². The minimum atomic E-state index is -0.725. The summed E-state index contributed by atoms with van der Waals surface area (Å²) >= 11 is 0. The highest BCUT2D eigenvalue weighted by molar-refractivity contribution is 5.85. The zero-order valence-electron chi connectivity index (χ0n) is 6.59. The van der Waals surface area contributed by atoms with Gasteiger partial charge < -0.3 is 15.8 Å². The van der Waals surface area contributed by atoms with Crippen LogP contribution in [0, 0.1) is 0 Å². The Morgan fingerprint density at radius 2 is 2.18 bits per heavy atom. The SMILES string of the molecule is COCC(NC(C)=O)C(N)=O. The fourth-order valence-electron chi connectivity index (χ4n) is 0.607. The Morgan fingerprint density at radius 1 is 1.64 bits per heavy atom. The zero-order chi connectivity index (χ0) is 8.85. The smallest absolute Gasteiger partial charge is 0.242 e. The van der Waals surface area contributed by atoms with Gasteiger partial charge in [0.15, 0.2) is 0 Å². The van der Waals surface area contributed by atoms with Gasteiger partial charge in [-0.1, -0.05) is 0 Å². The van der Waals surface area contributed by atoms with E-state index >= 15 is 0 Å². The van der Waals surface area contributed by atoms with Crippen LogP contribution in [-0.2, 0) is 14.3 Å². The Kier molecular flexibility index (Phi) is 4.21. The quantitative estimate of drug-likeness (QED) is 0.532. The van der Waals surface area contributed by atoms with Crippen LogP contribution in [0.1, 0.15) is 6.92 Å². The van der Waals surface area contributed by atoms with Crippen LogP contribution in [0.3, 0.4) is 0 Å². The Morgan fingerprint density at radius 3 is 2.45 bits per heavy atom. The normalized spacial score (nSPS) is 12.2. The lowest BCUT2D eigenvalue weighted by atomic mass is 10.3. The second-order valence-corrected chi connectivity index (χ2v) is 2.11.